The van der Waals surface area contributed by atoms with Crippen molar-refractivity contribution in [1.82, 2.24) is 20.2 Å². The number of hydrogen-bond donors (Lipinski definition) is 1. The molecule has 1 aliphatic rings. The molecule has 0 aliphatic carbocycles. The predicted molar refractivity (Wildman–Crippen MR) is 120 cm³/mol. The lowest BCUT2D eigenvalue weighted by Crippen LogP contribution is -2.49. The van der Waals surface area contributed by atoms with E-state index in [2.05, 4.69) is 20.2 Å². The number of hydrogen-bond acceptors (Lipinski definition) is 6. The number of ether oxygens (including phenoxy) is 1. The molecule has 1 saturated heterocycles. The number of carbonyl (C=O) groups excluding carboxylic acids is 2. The molecule has 166 valence electrons. The molecule has 31 heavy (non-hydrogen) atoms. The van der Waals surface area contributed by atoms with Crippen LogP contribution in [-0.4, -0.2) is 72.1 Å². The summed E-state index contributed by atoms with van der Waals surface area (Å²) in [4.78, 5) is 37.2. The third-order valence-corrected chi connectivity index (χ3v) is 5.25. The van der Waals surface area contributed by atoms with Crippen LogP contribution < -0.4 is 10.2 Å². The summed E-state index contributed by atoms with van der Waals surface area (Å²) in [7, 11) is 0. The minimum atomic E-state index is -0.146. The summed E-state index contributed by atoms with van der Waals surface area (Å²) >= 11 is 6.05. The van der Waals surface area contributed by atoms with Crippen molar-refractivity contribution in [1.29, 1.82) is 0 Å². The quantitative estimate of drug-likeness (QED) is 0.496. The molecule has 0 saturated carbocycles. The fourth-order valence-corrected chi connectivity index (χ4v) is 3.46. The molecule has 2 aromatic heterocycles. The van der Waals surface area contributed by atoms with Crippen LogP contribution >= 0.6 is 11.6 Å². The van der Waals surface area contributed by atoms with Crippen LogP contribution in [0, 0.1) is 0 Å². The van der Waals surface area contributed by atoms with Gasteiger partial charge in [0.05, 0.1) is 17.2 Å². The van der Waals surface area contributed by atoms with E-state index in [-0.39, 0.29) is 23.1 Å². The molecule has 3 rings (SSSR count). The molecule has 0 bridgehead atoms. The third kappa shape index (κ3) is 6.38. The molecular formula is C22H28ClN5O3. The smallest absolute Gasteiger partial charge is 0.257 e. The third-order valence-electron chi connectivity index (χ3n) is 4.95. The van der Waals surface area contributed by atoms with Gasteiger partial charge in [0.2, 0.25) is 0 Å². The van der Waals surface area contributed by atoms with Crippen molar-refractivity contribution in [2.75, 3.05) is 44.2 Å². The van der Waals surface area contributed by atoms with E-state index >= 15 is 0 Å². The summed E-state index contributed by atoms with van der Waals surface area (Å²) < 4.78 is 5.46. The maximum Gasteiger partial charge on any atom is 0.257 e. The fourth-order valence-electron chi connectivity index (χ4n) is 3.26. The molecule has 8 nitrogen and oxygen atoms in total. The highest BCUT2D eigenvalue weighted by Crippen LogP contribution is 2.18. The Labute approximate surface area is 187 Å². The van der Waals surface area contributed by atoms with Gasteiger partial charge >= 0.3 is 0 Å². The number of rotatable bonds is 8. The summed E-state index contributed by atoms with van der Waals surface area (Å²) in [6, 6.07) is 7.00. The van der Waals surface area contributed by atoms with Crippen LogP contribution in [0.5, 0.6) is 0 Å². The van der Waals surface area contributed by atoms with Crippen molar-refractivity contribution in [3.8, 4) is 0 Å². The summed E-state index contributed by atoms with van der Waals surface area (Å²) in [6.45, 7) is 7.58. The van der Waals surface area contributed by atoms with Crippen LogP contribution in [-0.2, 0) is 4.74 Å². The molecule has 0 spiro atoms. The van der Waals surface area contributed by atoms with Crippen LogP contribution in [0.25, 0.3) is 0 Å². The molecule has 2 amide bonds. The van der Waals surface area contributed by atoms with Crippen molar-refractivity contribution in [3.63, 3.8) is 0 Å². The van der Waals surface area contributed by atoms with Crippen molar-refractivity contribution in [2.45, 2.75) is 26.4 Å². The molecule has 0 aromatic carbocycles. The topological polar surface area (TPSA) is 87.7 Å². The number of anilines is 1. The Balaban J connectivity index is 1.47. The van der Waals surface area contributed by atoms with E-state index < -0.39 is 0 Å². The molecule has 1 aliphatic heterocycles. The highest BCUT2D eigenvalue weighted by molar-refractivity contribution is 6.32. The monoisotopic (exact) mass is 445 g/mol. The summed E-state index contributed by atoms with van der Waals surface area (Å²) in [5.41, 5.74) is 0.940. The fraction of sp³-hybridized carbons (Fsp3) is 0.455. The lowest BCUT2D eigenvalue weighted by molar-refractivity contribution is 0.0743. The van der Waals surface area contributed by atoms with Gasteiger partial charge in [0.1, 0.15) is 11.0 Å². The second-order valence-corrected chi connectivity index (χ2v) is 7.91. The standard InChI is InChI=1S/C22H28ClN5O3/c1-16(2)31-14-4-9-25-21(29)17-6-7-19(26-15-17)27-10-12-28(13-11-27)22(30)18-5-3-8-24-20(18)23/h3,5-8,15-16H,4,9-14H2,1-2H3,(H,25,29). The molecule has 0 radical (unpaired) electrons. The molecular weight excluding hydrogens is 418 g/mol. The average molecular weight is 446 g/mol. The van der Waals surface area contributed by atoms with Gasteiger partial charge in [-0.2, -0.15) is 0 Å². The minimum absolute atomic E-state index is 0.114. The largest absolute Gasteiger partial charge is 0.379 e. The van der Waals surface area contributed by atoms with Crippen molar-refractivity contribution >= 4 is 29.2 Å². The normalized spacial score (nSPS) is 14.1. The van der Waals surface area contributed by atoms with Crippen LogP contribution in [0.1, 0.15) is 41.0 Å². The SMILES string of the molecule is CC(C)OCCCNC(=O)c1ccc(N2CCN(C(=O)c3cccnc3Cl)CC2)nc1. The van der Waals surface area contributed by atoms with Gasteiger partial charge in [-0.05, 0) is 44.5 Å². The first-order valence-corrected chi connectivity index (χ1v) is 10.8. The van der Waals surface area contributed by atoms with Gasteiger partial charge in [0.25, 0.3) is 11.8 Å². The van der Waals surface area contributed by atoms with Crippen molar-refractivity contribution in [2.24, 2.45) is 0 Å². The predicted octanol–water partition coefficient (Wildman–Crippen LogP) is 2.64. The second kappa shape index (κ2) is 11.1. The number of carbonyl (C=O) groups is 2. The van der Waals surface area contributed by atoms with Gasteiger partial charge < -0.3 is 19.9 Å². The second-order valence-electron chi connectivity index (χ2n) is 7.56. The lowest BCUT2D eigenvalue weighted by Gasteiger charge is -2.35. The molecule has 1 N–H and O–H groups in total. The Morgan fingerprint density at radius 1 is 1.16 bits per heavy atom. The first kappa shape index (κ1) is 23.0. The van der Waals surface area contributed by atoms with Gasteiger partial charge in [0, 0.05) is 51.7 Å². The maximum atomic E-state index is 12.7. The summed E-state index contributed by atoms with van der Waals surface area (Å²) in [6.07, 6.45) is 4.11. The number of amides is 2. The number of nitrogens with zero attached hydrogens (tertiary/aromatic N) is 4. The molecule has 9 heteroatoms. The Bertz CT molecular complexity index is 883. The van der Waals surface area contributed by atoms with Crippen LogP contribution in [0.4, 0.5) is 5.82 Å². The highest BCUT2D eigenvalue weighted by Gasteiger charge is 2.24. The van der Waals surface area contributed by atoms with Gasteiger partial charge in [0.15, 0.2) is 0 Å². The van der Waals surface area contributed by atoms with Crippen LogP contribution in [0.15, 0.2) is 36.7 Å². The van der Waals surface area contributed by atoms with E-state index in [4.69, 9.17) is 16.3 Å². The Morgan fingerprint density at radius 2 is 1.94 bits per heavy atom. The zero-order valence-electron chi connectivity index (χ0n) is 17.9. The van der Waals surface area contributed by atoms with Gasteiger partial charge in [-0.25, -0.2) is 9.97 Å². The minimum Gasteiger partial charge on any atom is -0.379 e. The van der Waals surface area contributed by atoms with E-state index in [9.17, 15) is 9.59 Å². The Morgan fingerprint density at radius 3 is 2.58 bits per heavy atom. The maximum absolute atomic E-state index is 12.7. The lowest BCUT2D eigenvalue weighted by atomic mass is 10.2. The number of pyridine rings is 2. The summed E-state index contributed by atoms with van der Waals surface area (Å²) in [5, 5.41) is 3.10. The van der Waals surface area contributed by atoms with Crippen LogP contribution in [0.3, 0.4) is 0 Å². The average Bonchev–Trinajstić information content (AvgIpc) is 2.78. The number of piperazine rings is 1. The number of aromatic nitrogens is 2. The number of nitrogens with one attached hydrogen (secondary N) is 1. The summed E-state index contributed by atoms with van der Waals surface area (Å²) in [5.74, 6) is 0.525. The molecule has 3 heterocycles. The first-order valence-electron chi connectivity index (χ1n) is 10.5. The zero-order chi connectivity index (χ0) is 22.2. The first-order chi connectivity index (χ1) is 15.0. The zero-order valence-corrected chi connectivity index (χ0v) is 18.6. The molecule has 2 aromatic rings. The molecule has 0 unspecified atom stereocenters. The van der Waals surface area contributed by atoms with E-state index in [1.54, 1.807) is 35.5 Å². The van der Waals surface area contributed by atoms with Crippen molar-refractivity contribution < 1.29 is 14.3 Å². The van der Waals surface area contributed by atoms with E-state index in [1.807, 2.05) is 19.9 Å². The van der Waals surface area contributed by atoms with Crippen molar-refractivity contribution in [3.05, 3.63) is 52.9 Å². The molecule has 1 fully saturated rings. The van der Waals surface area contributed by atoms with Crippen LogP contribution in [0.2, 0.25) is 5.15 Å². The van der Waals surface area contributed by atoms with E-state index in [1.165, 1.54) is 0 Å². The van der Waals surface area contributed by atoms with E-state index in [0.29, 0.717) is 50.5 Å². The number of halogens is 1. The van der Waals surface area contributed by atoms with Gasteiger partial charge in [-0.15, -0.1) is 0 Å². The van der Waals surface area contributed by atoms with Gasteiger partial charge in [-0.1, -0.05) is 11.6 Å². The highest BCUT2D eigenvalue weighted by atomic mass is 35.5. The molecule has 0 atom stereocenters. The van der Waals surface area contributed by atoms with Gasteiger partial charge in [-0.3, -0.25) is 9.59 Å². The Kier molecular flexibility index (Phi) is 8.20. The Hall–Kier alpha value is -2.71. The van der Waals surface area contributed by atoms with E-state index in [0.717, 1.165) is 12.2 Å².